The van der Waals surface area contributed by atoms with E-state index in [2.05, 4.69) is 19.2 Å². The van der Waals surface area contributed by atoms with E-state index in [1.807, 2.05) is 0 Å². The van der Waals surface area contributed by atoms with Crippen molar-refractivity contribution in [3.05, 3.63) is 29.8 Å². The average molecular weight is 271 g/mol. The maximum absolute atomic E-state index is 13.3. The van der Waals surface area contributed by atoms with Crippen molar-refractivity contribution in [3.8, 4) is 5.75 Å². The third kappa shape index (κ3) is 6.53. The average Bonchev–Trinajstić information content (AvgIpc) is 2.37. The first-order valence-corrected chi connectivity index (χ1v) is 6.94. The molecule has 2 nitrogen and oxygen atoms in total. The molecular weight excluding hydrogens is 248 g/mol. The van der Waals surface area contributed by atoms with Crippen LogP contribution in [0.3, 0.4) is 0 Å². The van der Waals surface area contributed by atoms with E-state index < -0.39 is 11.6 Å². The Morgan fingerprint density at radius 1 is 1.26 bits per heavy atom. The highest BCUT2D eigenvalue weighted by molar-refractivity contribution is 5.24. The van der Waals surface area contributed by atoms with Crippen LogP contribution in [0.5, 0.6) is 5.75 Å². The summed E-state index contributed by atoms with van der Waals surface area (Å²) in [5.74, 6) is -1.15. The van der Waals surface area contributed by atoms with E-state index in [1.54, 1.807) is 0 Å². The van der Waals surface area contributed by atoms with Gasteiger partial charge in [-0.25, -0.2) is 8.78 Å². The number of ether oxygens (including phenoxy) is 1. The highest BCUT2D eigenvalue weighted by Crippen LogP contribution is 2.17. The maximum Gasteiger partial charge on any atom is 0.167 e. The van der Waals surface area contributed by atoms with Crippen LogP contribution in [0.1, 0.15) is 39.5 Å². The van der Waals surface area contributed by atoms with Crippen molar-refractivity contribution in [2.45, 2.75) is 45.6 Å². The Kier molecular flexibility index (Phi) is 7.41. The predicted molar refractivity (Wildman–Crippen MR) is 73.5 cm³/mol. The van der Waals surface area contributed by atoms with Gasteiger partial charge in [-0.1, -0.05) is 26.2 Å². The van der Waals surface area contributed by atoms with Gasteiger partial charge in [0.2, 0.25) is 0 Å². The second-order valence-corrected chi connectivity index (χ2v) is 4.77. The van der Waals surface area contributed by atoms with Crippen molar-refractivity contribution < 1.29 is 13.5 Å². The topological polar surface area (TPSA) is 21.3 Å². The van der Waals surface area contributed by atoms with Gasteiger partial charge in [0.1, 0.15) is 12.4 Å². The van der Waals surface area contributed by atoms with Gasteiger partial charge in [0.15, 0.2) is 11.6 Å². The minimum Gasteiger partial charge on any atom is -0.489 e. The molecule has 1 rings (SSSR count). The Morgan fingerprint density at radius 2 is 2.05 bits per heavy atom. The van der Waals surface area contributed by atoms with Crippen LogP contribution in [0.4, 0.5) is 8.78 Å². The van der Waals surface area contributed by atoms with Gasteiger partial charge in [0.05, 0.1) is 0 Å². The summed E-state index contributed by atoms with van der Waals surface area (Å²) >= 11 is 0. The first-order chi connectivity index (χ1) is 9.13. The van der Waals surface area contributed by atoms with Gasteiger partial charge in [-0.05, 0) is 25.5 Å². The maximum atomic E-state index is 13.3. The molecule has 1 atom stereocenters. The molecule has 0 amide bonds. The monoisotopic (exact) mass is 271 g/mol. The number of hydrogen-bond donors (Lipinski definition) is 1. The molecule has 0 aromatic heterocycles. The Morgan fingerprint density at radius 3 is 2.74 bits per heavy atom. The molecule has 0 aliphatic carbocycles. The second-order valence-electron chi connectivity index (χ2n) is 4.77. The number of hydrogen-bond acceptors (Lipinski definition) is 2. The fourth-order valence-electron chi connectivity index (χ4n) is 1.86. The van der Waals surface area contributed by atoms with E-state index >= 15 is 0 Å². The molecular formula is C15H23F2NO. The van der Waals surface area contributed by atoms with Gasteiger partial charge >= 0.3 is 0 Å². The van der Waals surface area contributed by atoms with Crippen molar-refractivity contribution in [2.75, 3.05) is 13.2 Å². The van der Waals surface area contributed by atoms with Crippen molar-refractivity contribution in [1.29, 1.82) is 0 Å². The number of nitrogens with one attached hydrogen (secondary N) is 1. The molecule has 1 N–H and O–H groups in total. The summed E-state index contributed by atoms with van der Waals surface area (Å²) in [4.78, 5) is 0. The molecule has 19 heavy (non-hydrogen) atoms. The minimum absolute atomic E-state index is 0.0989. The summed E-state index contributed by atoms with van der Waals surface area (Å²) < 4.78 is 31.2. The van der Waals surface area contributed by atoms with Crippen LogP contribution in [0.2, 0.25) is 0 Å². The van der Waals surface area contributed by atoms with E-state index in [1.165, 1.54) is 31.4 Å². The largest absolute Gasteiger partial charge is 0.489 e. The second kappa shape index (κ2) is 8.86. The summed E-state index contributed by atoms with van der Waals surface area (Å²) in [7, 11) is 0. The van der Waals surface area contributed by atoms with E-state index in [9.17, 15) is 8.78 Å². The van der Waals surface area contributed by atoms with Crippen LogP contribution in [-0.2, 0) is 0 Å². The number of unbranched alkanes of at least 4 members (excludes halogenated alkanes) is 2. The molecule has 0 aliphatic rings. The number of rotatable bonds is 9. The predicted octanol–water partition coefficient (Wildman–Crippen LogP) is 3.90. The van der Waals surface area contributed by atoms with Gasteiger partial charge in [0, 0.05) is 18.7 Å². The highest BCUT2D eigenvalue weighted by Gasteiger charge is 2.05. The van der Waals surface area contributed by atoms with Crippen LogP contribution in [0.25, 0.3) is 0 Å². The Bertz CT molecular complexity index is 371. The first-order valence-electron chi connectivity index (χ1n) is 6.94. The van der Waals surface area contributed by atoms with Gasteiger partial charge in [-0.15, -0.1) is 0 Å². The molecule has 0 heterocycles. The molecule has 0 aliphatic heterocycles. The lowest BCUT2D eigenvalue weighted by Gasteiger charge is -2.14. The molecule has 1 unspecified atom stereocenters. The zero-order chi connectivity index (χ0) is 14.1. The van der Waals surface area contributed by atoms with Gasteiger partial charge in [-0.3, -0.25) is 0 Å². The first kappa shape index (κ1) is 15.9. The smallest absolute Gasteiger partial charge is 0.167 e. The summed E-state index contributed by atoms with van der Waals surface area (Å²) in [5, 5.41) is 3.32. The van der Waals surface area contributed by atoms with E-state index in [4.69, 9.17) is 4.74 Å². The lowest BCUT2D eigenvalue weighted by molar-refractivity contribution is 0.290. The Balaban J connectivity index is 2.16. The van der Waals surface area contributed by atoms with Crippen molar-refractivity contribution in [3.63, 3.8) is 0 Å². The zero-order valence-electron chi connectivity index (χ0n) is 11.7. The molecule has 0 spiro atoms. The lowest BCUT2D eigenvalue weighted by atomic mass is 10.1. The summed E-state index contributed by atoms with van der Waals surface area (Å²) in [6.45, 7) is 5.35. The molecule has 4 heteroatoms. The van der Waals surface area contributed by atoms with Crippen molar-refractivity contribution in [2.24, 2.45) is 0 Å². The zero-order valence-corrected chi connectivity index (χ0v) is 11.7. The van der Waals surface area contributed by atoms with Crippen LogP contribution in [-0.4, -0.2) is 19.2 Å². The Labute approximate surface area is 114 Å². The van der Waals surface area contributed by atoms with Crippen LogP contribution >= 0.6 is 0 Å². The summed E-state index contributed by atoms with van der Waals surface area (Å²) in [5.41, 5.74) is 0. The van der Waals surface area contributed by atoms with Crippen LogP contribution in [0, 0.1) is 11.6 Å². The van der Waals surface area contributed by atoms with Gasteiger partial charge in [-0.2, -0.15) is 0 Å². The fraction of sp³-hybridized carbons (Fsp3) is 0.600. The van der Waals surface area contributed by atoms with E-state index in [-0.39, 0.29) is 5.75 Å². The summed E-state index contributed by atoms with van der Waals surface area (Å²) in [6, 6.07) is 3.78. The van der Waals surface area contributed by atoms with Crippen LogP contribution < -0.4 is 10.1 Å². The normalized spacial score (nSPS) is 12.4. The SMILES string of the molecule is CCCCCC(C)NCCOc1ccc(F)cc1F. The number of benzene rings is 1. The molecule has 0 radical (unpaired) electrons. The standard InChI is InChI=1S/C15H23F2NO/c1-3-4-5-6-12(2)18-9-10-19-15-8-7-13(16)11-14(15)17/h7-8,11-12,18H,3-6,9-10H2,1-2H3. The molecule has 0 bridgehead atoms. The molecule has 108 valence electrons. The summed E-state index contributed by atoms with van der Waals surface area (Å²) in [6.07, 6.45) is 4.83. The Hall–Kier alpha value is -1.16. The van der Waals surface area contributed by atoms with Gasteiger partial charge < -0.3 is 10.1 Å². The van der Waals surface area contributed by atoms with E-state index in [0.29, 0.717) is 19.2 Å². The fourth-order valence-corrected chi connectivity index (χ4v) is 1.86. The molecule has 1 aromatic rings. The van der Waals surface area contributed by atoms with Crippen molar-refractivity contribution in [1.82, 2.24) is 5.32 Å². The van der Waals surface area contributed by atoms with Crippen LogP contribution in [0.15, 0.2) is 18.2 Å². The molecule has 0 saturated heterocycles. The number of halogens is 2. The molecule has 0 saturated carbocycles. The minimum atomic E-state index is -0.656. The molecule has 0 fully saturated rings. The van der Waals surface area contributed by atoms with E-state index in [0.717, 1.165) is 12.5 Å². The lowest BCUT2D eigenvalue weighted by Crippen LogP contribution is -2.30. The third-order valence-corrected chi connectivity index (χ3v) is 2.99. The quantitative estimate of drug-likeness (QED) is 0.688. The van der Waals surface area contributed by atoms with Crippen molar-refractivity contribution >= 4 is 0 Å². The highest BCUT2D eigenvalue weighted by atomic mass is 19.1. The third-order valence-electron chi connectivity index (χ3n) is 2.99. The van der Waals surface area contributed by atoms with Gasteiger partial charge in [0.25, 0.3) is 0 Å². The molecule has 1 aromatic carbocycles.